The number of rotatable bonds is 2. The minimum Gasteiger partial charge on any atom is -0.237 e. The summed E-state index contributed by atoms with van der Waals surface area (Å²) in [7, 11) is 0. The molecule has 5 nitrogen and oxygen atoms in total. The zero-order valence-corrected chi connectivity index (χ0v) is 10.2. The van der Waals surface area contributed by atoms with Crippen molar-refractivity contribution in [1.29, 1.82) is 0 Å². The molecule has 1 heterocycles. The van der Waals surface area contributed by atoms with Gasteiger partial charge in [-0.25, -0.2) is 4.68 Å². The van der Waals surface area contributed by atoms with Crippen molar-refractivity contribution in [3.8, 4) is 5.69 Å². The highest BCUT2D eigenvalue weighted by Crippen LogP contribution is 2.27. The molecule has 0 spiro atoms. The van der Waals surface area contributed by atoms with Crippen molar-refractivity contribution in [2.75, 3.05) is 0 Å². The van der Waals surface area contributed by atoms with Crippen LogP contribution in [-0.4, -0.2) is 9.78 Å². The van der Waals surface area contributed by atoms with E-state index in [1.54, 1.807) is 22.9 Å². The van der Waals surface area contributed by atoms with E-state index in [1.807, 2.05) is 19.9 Å². The fraction of sp³-hybridized carbons (Fsp3) is 0.182. The van der Waals surface area contributed by atoms with Gasteiger partial charge in [-0.1, -0.05) is 16.7 Å². The van der Waals surface area contributed by atoms with E-state index in [-0.39, 0.29) is 0 Å². The lowest BCUT2D eigenvalue weighted by Crippen LogP contribution is -1.99. The summed E-state index contributed by atoms with van der Waals surface area (Å²) in [6.07, 6.45) is 0. The second-order valence-electron chi connectivity index (χ2n) is 3.66. The van der Waals surface area contributed by atoms with Gasteiger partial charge in [0.2, 0.25) is 0 Å². The number of hydrogen-bond acceptors (Lipinski definition) is 2. The molecular weight excluding hydrogens is 238 g/mol. The van der Waals surface area contributed by atoms with Gasteiger partial charge >= 0.3 is 0 Å². The van der Waals surface area contributed by atoms with Crippen LogP contribution in [0, 0.1) is 13.8 Å². The number of benzene rings is 1. The van der Waals surface area contributed by atoms with Crippen LogP contribution < -0.4 is 0 Å². The lowest BCUT2D eigenvalue weighted by molar-refractivity contribution is 0.833. The van der Waals surface area contributed by atoms with Crippen LogP contribution in [0.15, 0.2) is 29.4 Å². The first-order valence-corrected chi connectivity index (χ1v) is 5.38. The summed E-state index contributed by atoms with van der Waals surface area (Å²) in [5, 5.41) is 8.55. The van der Waals surface area contributed by atoms with Crippen LogP contribution in [0.2, 0.25) is 5.02 Å². The summed E-state index contributed by atoms with van der Waals surface area (Å²) in [6.45, 7) is 3.84. The van der Waals surface area contributed by atoms with E-state index < -0.39 is 0 Å². The second-order valence-corrected chi connectivity index (χ2v) is 4.10. The van der Waals surface area contributed by atoms with Gasteiger partial charge in [-0.2, -0.15) is 5.10 Å². The first-order chi connectivity index (χ1) is 8.11. The Morgan fingerprint density at radius 3 is 2.71 bits per heavy atom. The number of aryl methyl sites for hydroxylation is 2. The van der Waals surface area contributed by atoms with Crippen LogP contribution in [0.25, 0.3) is 16.1 Å². The SMILES string of the molecule is Cc1cc(C)n(-c2cc(Cl)ccc2N=[N+]=[N-])n1. The number of hydrogen-bond donors (Lipinski definition) is 0. The average molecular weight is 248 g/mol. The van der Waals surface area contributed by atoms with Gasteiger partial charge in [-0.15, -0.1) is 0 Å². The van der Waals surface area contributed by atoms with Crippen molar-refractivity contribution in [2.24, 2.45) is 5.11 Å². The Hall–Kier alpha value is -1.97. The average Bonchev–Trinajstić information content (AvgIpc) is 2.61. The standard InChI is InChI=1S/C11H10ClN5/c1-7-5-8(2)17(15-7)11-6-9(12)3-4-10(11)14-16-13/h3-6H,1-2H3. The van der Waals surface area contributed by atoms with Crippen molar-refractivity contribution < 1.29 is 0 Å². The summed E-state index contributed by atoms with van der Waals surface area (Å²) < 4.78 is 1.71. The molecule has 0 fully saturated rings. The van der Waals surface area contributed by atoms with E-state index in [0.29, 0.717) is 16.4 Å². The third kappa shape index (κ3) is 2.25. The molecule has 0 aliphatic carbocycles. The molecule has 0 atom stereocenters. The third-order valence-electron chi connectivity index (χ3n) is 2.33. The zero-order valence-electron chi connectivity index (χ0n) is 9.42. The molecule has 1 aromatic carbocycles. The Morgan fingerprint density at radius 1 is 1.35 bits per heavy atom. The van der Waals surface area contributed by atoms with Gasteiger partial charge < -0.3 is 0 Å². The molecule has 2 rings (SSSR count). The molecular formula is C11H10ClN5. The molecule has 0 unspecified atom stereocenters. The van der Waals surface area contributed by atoms with Crippen molar-refractivity contribution in [2.45, 2.75) is 13.8 Å². The van der Waals surface area contributed by atoms with Crippen molar-refractivity contribution >= 4 is 17.3 Å². The Bertz CT molecular complexity index is 610. The Balaban J connectivity index is 2.68. The molecule has 0 aliphatic heterocycles. The minimum atomic E-state index is 0.503. The van der Waals surface area contributed by atoms with Crippen LogP contribution in [0.3, 0.4) is 0 Å². The van der Waals surface area contributed by atoms with Crippen molar-refractivity contribution in [3.05, 3.63) is 51.1 Å². The zero-order chi connectivity index (χ0) is 12.4. The monoisotopic (exact) mass is 247 g/mol. The topological polar surface area (TPSA) is 66.6 Å². The summed E-state index contributed by atoms with van der Waals surface area (Å²) in [5.74, 6) is 0. The Labute approximate surface area is 103 Å². The molecule has 0 bridgehead atoms. The second kappa shape index (κ2) is 4.49. The summed E-state index contributed by atoms with van der Waals surface area (Å²) >= 11 is 5.95. The highest BCUT2D eigenvalue weighted by molar-refractivity contribution is 6.30. The number of nitrogens with zero attached hydrogens (tertiary/aromatic N) is 5. The normalized spacial score (nSPS) is 10.1. The molecule has 17 heavy (non-hydrogen) atoms. The smallest absolute Gasteiger partial charge is 0.0759 e. The fourth-order valence-corrected chi connectivity index (χ4v) is 1.84. The first-order valence-electron chi connectivity index (χ1n) is 5.00. The first kappa shape index (κ1) is 11.5. The molecule has 6 heteroatoms. The maximum Gasteiger partial charge on any atom is 0.0759 e. The van der Waals surface area contributed by atoms with Crippen LogP contribution in [-0.2, 0) is 0 Å². The lowest BCUT2D eigenvalue weighted by atomic mass is 10.2. The Morgan fingerprint density at radius 2 is 2.12 bits per heavy atom. The molecule has 86 valence electrons. The number of halogens is 1. The maximum atomic E-state index is 8.53. The van der Waals surface area contributed by atoms with E-state index in [9.17, 15) is 0 Å². The molecule has 0 N–H and O–H groups in total. The molecule has 2 aromatic rings. The van der Waals surface area contributed by atoms with Crippen LogP contribution in [0.4, 0.5) is 5.69 Å². The van der Waals surface area contributed by atoms with Crippen molar-refractivity contribution in [3.63, 3.8) is 0 Å². The van der Waals surface area contributed by atoms with E-state index in [2.05, 4.69) is 15.1 Å². The lowest BCUT2D eigenvalue weighted by Gasteiger charge is -2.08. The predicted molar refractivity (Wildman–Crippen MR) is 66.9 cm³/mol. The van der Waals surface area contributed by atoms with E-state index in [4.69, 9.17) is 17.1 Å². The molecule has 0 aliphatic rings. The highest BCUT2D eigenvalue weighted by atomic mass is 35.5. The quantitative estimate of drug-likeness (QED) is 0.448. The molecule has 0 radical (unpaired) electrons. The summed E-state index contributed by atoms with van der Waals surface area (Å²) in [5.41, 5.74) is 11.6. The third-order valence-corrected chi connectivity index (χ3v) is 2.56. The van der Waals surface area contributed by atoms with E-state index in [0.717, 1.165) is 11.4 Å². The Kier molecular flexibility index (Phi) is 3.04. The van der Waals surface area contributed by atoms with Gasteiger partial charge in [0.1, 0.15) is 0 Å². The summed E-state index contributed by atoms with van der Waals surface area (Å²) in [6, 6.07) is 7.03. The van der Waals surface area contributed by atoms with Crippen LogP contribution in [0.5, 0.6) is 0 Å². The van der Waals surface area contributed by atoms with Gasteiger partial charge in [0.05, 0.1) is 17.1 Å². The predicted octanol–water partition coefficient (Wildman–Crippen LogP) is 4.08. The largest absolute Gasteiger partial charge is 0.237 e. The fourth-order valence-electron chi connectivity index (χ4n) is 1.67. The number of azide groups is 1. The summed E-state index contributed by atoms with van der Waals surface area (Å²) in [4.78, 5) is 2.80. The van der Waals surface area contributed by atoms with Gasteiger partial charge in [0, 0.05) is 15.6 Å². The van der Waals surface area contributed by atoms with Gasteiger partial charge in [0.15, 0.2) is 0 Å². The molecule has 0 saturated heterocycles. The molecule has 1 aromatic heterocycles. The highest BCUT2D eigenvalue weighted by Gasteiger charge is 2.08. The van der Waals surface area contributed by atoms with E-state index in [1.165, 1.54) is 0 Å². The number of aromatic nitrogens is 2. The van der Waals surface area contributed by atoms with Gasteiger partial charge in [-0.05, 0) is 43.6 Å². The molecule has 0 amide bonds. The minimum absolute atomic E-state index is 0.503. The molecule has 0 saturated carbocycles. The van der Waals surface area contributed by atoms with Crippen molar-refractivity contribution in [1.82, 2.24) is 9.78 Å². The van der Waals surface area contributed by atoms with E-state index >= 15 is 0 Å². The van der Waals surface area contributed by atoms with Crippen LogP contribution in [0.1, 0.15) is 11.4 Å². The van der Waals surface area contributed by atoms with Gasteiger partial charge in [-0.3, -0.25) is 0 Å². The van der Waals surface area contributed by atoms with Gasteiger partial charge in [0.25, 0.3) is 0 Å². The van der Waals surface area contributed by atoms with Crippen LogP contribution >= 0.6 is 11.6 Å². The maximum absolute atomic E-state index is 8.53.